The van der Waals surface area contributed by atoms with Crippen molar-refractivity contribution >= 4 is 33.8 Å². The van der Waals surface area contributed by atoms with Gasteiger partial charge in [0.1, 0.15) is 0 Å². The lowest BCUT2D eigenvalue weighted by atomic mass is 9.85. The highest BCUT2D eigenvalue weighted by Crippen LogP contribution is 2.39. The monoisotopic (exact) mass is 473 g/mol. The van der Waals surface area contributed by atoms with Gasteiger partial charge in [-0.15, -0.1) is 0 Å². The van der Waals surface area contributed by atoms with Crippen LogP contribution < -0.4 is 0 Å². The van der Waals surface area contributed by atoms with Crippen molar-refractivity contribution in [2.45, 2.75) is 6.92 Å². The van der Waals surface area contributed by atoms with E-state index < -0.39 is 0 Å². The number of rotatable bonds is 5. The van der Waals surface area contributed by atoms with Gasteiger partial charge in [0, 0.05) is 11.8 Å². The first-order chi connectivity index (χ1) is 18.2. The van der Waals surface area contributed by atoms with E-state index in [1.165, 1.54) is 54.9 Å². The number of nitrogens with zero attached hydrogens (tertiary/aromatic N) is 1. The van der Waals surface area contributed by atoms with Crippen LogP contribution in [0.3, 0.4) is 0 Å². The lowest BCUT2D eigenvalue weighted by molar-refractivity contribution is 1.46. The molecule has 0 saturated heterocycles. The molecule has 0 aliphatic carbocycles. The van der Waals surface area contributed by atoms with Crippen LogP contribution in [0.15, 0.2) is 139 Å². The highest BCUT2D eigenvalue weighted by molar-refractivity contribution is 6.14. The Hall–Kier alpha value is -4.75. The second-order valence-electron chi connectivity index (χ2n) is 9.34. The molecule has 1 nitrogen and oxygen atoms in total. The predicted molar refractivity (Wildman–Crippen MR) is 160 cm³/mol. The molecule has 0 saturated carbocycles. The summed E-state index contributed by atoms with van der Waals surface area (Å²) in [6, 6.07) is 45.3. The molecule has 0 heterocycles. The van der Waals surface area contributed by atoms with Crippen molar-refractivity contribution in [3.05, 3.63) is 150 Å². The number of benzene rings is 6. The Labute approximate surface area is 218 Å². The first-order valence-corrected chi connectivity index (χ1v) is 12.6. The van der Waals surface area contributed by atoms with Crippen LogP contribution in [0.5, 0.6) is 0 Å². The Bertz CT molecular complexity index is 1790. The summed E-state index contributed by atoms with van der Waals surface area (Å²) in [5.41, 5.74) is 9.45. The molecule has 1 heteroatoms. The molecule has 0 atom stereocenters. The summed E-state index contributed by atoms with van der Waals surface area (Å²) in [7, 11) is 0. The Balaban J connectivity index is 1.53. The maximum Gasteiger partial charge on any atom is 0.0345 e. The number of aliphatic imine (C=N–C) groups is 1. The molecule has 176 valence electrons. The van der Waals surface area contributed by atoms with Crippen molar-refractivity contribution in [3.8, 4) is 22.3 Å². The molecule has 0 fully saturated rings. The van der Waals surface area contributed by atoms with Crippen LogP contribution in [-0.4, -0.2) is 6.72 Å². The zero-order chi connectivity index (χ0) is 25.2. The van der Waals surface area contributed by atoms with Gasteiger partial charge in [0.25, 0.3) is 0 Å². The Kier molecular flexibility index (Phi) is 5.96. The fourth-order valence-electron chi connectivity index (χ4n) is 5.41. The molecule has 0 aliphatic heterocycles. The van der Waals surface area contributed by atoms with Gasteiger partial charge in [-0.2, -0.15) is 0 Å². The molecule has 0 aliphatic rings. The van der Waals surface area contributed by atoms with Gasteiger partial charge in [-0.05, 0) is 86.3 Å². The average molecular weight is 474 g/mol. The quantitative estimate of drug-likeness (QED) is 0.174. The highest BCUT2D eigenvalue weighted by atomic mass is 14.6. The molecule has 0 aromatic heterocycles. The van der Waals surface area contributed by atoms with Gasteiger partial charge in [0.05, 0.1) is 0 Å². The Morgan fingerprint density at radius 3 is 1.76 bits per heavy atom. The van der Waals surface area contributed by atoms with Crippen LogP contribution in [0.2, 0.25) is 0 Å². The smallest absolute Gasteiger partial charge is 0.0345 e. The molecule has 6 rings (SSSR count). The Morgan fingerprint density at radius 1 is 0.541 bits per heavy atom. The topological polar surface area (TPSA) is 12.4 Å². The van der Waals surface area contributed by atoms with E-state index in [1.807, 2.05) is 6.20 Å². The van der Waals surface area contributed by atoms with Gasteiger partial charge in [-0.25, -0.2) is 0 Å². The lowest BCUT2D eigenvalue weighted by Crippen LogP contribution is -1.96. The van der Waals surface area contributed by atoms with E-state index in [4.69, 9.17) is 0 Å². The second-order valence-corrected chi connectivity index (χ2v) is 9.34. The third-order valence-electron chi connectivity index (χ3n) is 7.16. The summed E-state index contributed by atoms with van der Waals surface area (Å²) in [4.78, 5) is 4.26. The molecular weight excluding hydrogens is 446 g/mol. The Morgan fingerprint density at radius 2 is 1.05 bits per heavy atom. The van der Waals surface area contributed by atoms with Gasteiger partial charge in [0.2, 0.25) is 0 Å². The molecule has 37 heavy (non-hydrogen) atoms. The summed E-state index contributed by atoms with van der Waals surface area (Å²) >= 11 is 0. The van der Waals surface area contributed by atoms with Crippen molar-refractivity contribution in [1.82, 2.24) is 0 Å². The fraction of sp³-hybridized carbons (Fsp3) is 0.0278. The van der Waals surface area contributed by atoms with Gasteiger partial charge in [-0.3, -0.25) is 4.99 Å². The van der Waals surface area contributed by atoms with E-state index in [1.54, 1.807) is 0 Å². The zero-order valence-corrected chi connectivity index (χ0v) is 20.9. The van der Waals surface area contributed by atoms with E-state index in [0.717, 1.165) is 11.1 Å². The second kappa shape index (κ2) is 9.72. The average Bonchev–Trinajstić information content (AvgIpc) is 2.97. The molecule has 0 N–H and O–H groups in total. The minimum absolute atomic E-state index is 1.08. The third kappa shape index (κ3) is 4.15. The van der Waals surface area contributed by atoms with E-state index in [2.05, 4.69) is 146 Å². The first-order valence-electron chi connectivity index (χ1n) is 12.6. The van der Waals surface area contributed by atoms with Crippen LogP contribution in [0.1, 0.15) is 16.7 Å². The minimum atomic E-state index is 1.08. The third-order valence-corrected chi connectivity index (χ3v) is 7.16. The van der Waals surface area contributed by atoms with Crippen molar-refractivity contribution in [2.75, 3.05) is 0 Å². The van der Waals surface area contributed by atoms with Crippen LogP contribution in [0, 0.1) is 6.92 Å². The van der Waals surface area contributed by atoms with Gasteiger partial charge >= 0.3 is 0 Å². The van der Waals surface area contributed by atoms with Crippen LogP contribution in [-0.2, 0) is 0 Å². The molecule has 6 aromatic rings. The maximum absolute atomic E-state index is 4.26. The first kappa shape index (κ1) is 22.7. The van der Waals surface area contributed by atoms with Gasteiger partial charge in [-0.1, -0.05) is 115 Å². The van der Waals surface area contributed by atoms with E-state index >= 15 is 0 Å². The molecule has 0 bridgehead atoms. The molecule has 6 aromatic carbocycles. The largest absolute Gasteiger partial charge is 0.272 e. The van der Waals surface area contributed by atoms with Crippen LogP contribution in [0.4, 0.5) is 0 Å². The SMILES string of the molecule is C=N/C=C(/c1cccc(-c2cccc(-c3ccccc3)c2)c1)c1c(C)c2ccccc2c2ccccc12. The predicted octanol–water partition coefficient (Wildman–Crippen LogP) is 9.73. The summed E-state index contributed by atoms with van der Waals surface area (Å²) in [6.07, 6.45) is 1.91. The molecule has 0 unspecified atom stereocenters. The van der Waals surface area contributed by atoms with Crippen LogP contribution >= 0.6 is 0 Å². The summed E-state index contributed by atoms with van der Waals surface area (Å²) < 4.78 is 0. The van der Waals surface area contributed by atoms with E-state index in [0.29, 0.717) is 0 Å². The maximum atomic E-state index is 4.26. The molecular formula is C36H27N. The summed E-state index contributed by atoms with van der Waals surface area (Å²) in [5.74, 6) is 0. The normalized spacial score (nSPS) is 11.6. The van der Waals surface area contributed by atoms with Crippen molar-refractivity contribution < 1.29 is 0 Å². The summed E-state index contributed by atoms with van der Waals surface area (Å²) in [5, 5.41) is 5.01. The molecule has 0 radical (unpaired) electrons. The summed E-state index contributed by atoms with van der Waals surface area (Å²) in [6.45, 7) is 6.04. The number of hydrogen-bond acceptors (Lipinski definition) is 1. The highest BCUT2D eigenvalue weighted by Gasteiger charge is 2.16. The standard InChI is InChI=1S/C36H27N/c1-25-31-18-6-7-19-32(31)33-20-8-9-21-34(33)36(25)35(24-37-2)30-17-11-16-29(23-30)28-15-10-14-27(22-28)26-12-4-3-5-13-26/h3-24H,2H2,1H3/b35-24-. The number of fused-ring (bicyclic) bond motifs is 3. The minimum Gasteiger partial charge on any atom is -0.272 e. The van der Waals surface area contributed by atoms with Crippen LogP contribution in [0.25, 0.3) is 49.4 Å². The number of aryl methyl sites for hydroxylation is 1. The van der Waals surface area contributed by atoms with Crippen molar-refractivity contribution in [2.24, 2.45) is 4.99 Å². The molecule has 0 spiro atoms. The van der Waals surface area contributed by atoms with Crippen molar-refractivity contribution in [3.63, 3.8) is 0 Å². The van der Waals surface area contributed by atoms with Gasteiger partial charge < -0.3 is 0 Å². The van der Waals surface area contributed by atoms with Crippen molar-refractivity contribution in [1.29, 1.82) is 0 Å². The zero-order valence-electron chi connectivity index (χ0n) is 20.9. The number of hydrogen-bond donors (Lipinski definition) is 0. The van der Waals surface area contributed by atoms with E-state index in [9.17, 15) is 0 Å². The molecule has 0 amide bonds. The lowest BCUT2D eigenvalue weighted by Gasteiger charge is -2.18. The fourth-order valence-corrected chi connectivity index (χ4v) is 5.41. The van der Waals surface area contributed by atoms with E-state index in [-0.39, 0.29) is 0 Å². The van der Waals surface area contributed by atoms with Gasteiger partial charge in [0.15, 0.2) is 0 Å².